The Hall–Kier alpha value is -0.780. The highest BCUT2D eigenvalue weighted by Crippen LogP contribution is 2.42. The first-order valence-corrected chi connectivity index (χ1v) is 7.47. The van der Waals surface area contributed by atoms with Crippen LogP contribution in [-0.4, -0.2) is 36.6 Å². The summed E-state index contributed by atoms with van der Waals surface area (Å²) in [6, 6.07) is 0. The van der Waals surface area contributed by atoms with Crippen molar-refractivity contribution in [1.29, 1.82) is 0 Å². The van der Waals surface area contributed by atoms with Crippen LogP contribution >= 0.6 is 0 Å². The summed E-state index contributed by atoms with van der Waals surface area (Å²) in [5.74, 6) is -2.75. The molecule has 0 saturated heterocycles. The maximum atomic E-state index is 13.1. The van der Waals surface area contributed by atoms with E-state index >= 15 is 0 Å². The summed E-state index contributed by atoms with van der Waals surface area (Å²) in [4.78, 5) is 13.9. The average Bonchev–Trinajstić information content (AvgIpc) is 2.42. The van der Waals surface area contributed by atoms with Crippen LogP contribution in [0, 0.1) is 11.8 Å². The number of carbonyl (C=O) groups excluding carboxylic acids is 1. The molecular formula is C14H25F3N2O. The highest BCUT2D eigenvalue weighted by molar-refractivity contribution is 5.79. The van der Waals surface area contributed by atoms with Crippen molar-refractivity contribution >= 4 is 5.91 Å². The monoisotopic (exact) mass is 294 g/mol. The van der Waals surface area contributed by atoms with Crippen LogP contribution in [0.4, 0.5) is 13.2 Å². The van der Waals surface area contributed by atoms with Crippen molar-refractivity contribution in [2.75, 3.05) is 19.6 Å². The van der Waals surface area contributed by atoms with Crippen LogP contribution in [0.5, 0.6) is 0 Å². The van der Waals surface area contributed by atoms with E-state index < -0.39 is 18.0 Å². The minimum absolute atomic E-state index is 0.0736. The van der Waals surface area contributed by atoms with Crippen LogP contribution in [0.15, 0.2) is 0 Å². The zero-order valence-electron chi connectivity index (χ0n) is 12.1. The lowest BCUT2D eigenvalue weighted by Gasteiger charge is -2.35. The quantitative estimate of drug-likeness (QED) is 0.818. The minimum atomic E-state index is -4.28. The van der Waals surface area contributed by atoms with Gasteiger partial charge in [0.05, 0.1) is 5.92 Å². The SMILES string of the molecule is CCCCN(CCN)C(=O)C1CCCCC1C(F)(F)F. The van der Waals surface area contributed by atoms with Crippen molar-refractivity contribution in [3.63, 3.8) is 0 Å². The lowest BCUT2D eigenvalue weighted by molar-refractivity contribution is -0.200. The molecule has 0 heterocycles. The topological polar surface area (TPSA) is 46.3 Å². The largest absolute Gasteiger partial charge is 0.392 e. The van der Waals surface area contributed by atoms with E-state index in [0.29, 0.717) is 38.9 Å². The molecule has 20 heavy (non-hydrogen) atoms. The van der Waals surface area contributed by atoms with E-state index in [9.17, 15) is 18.0 Å². The molecule has 3 nitrogen and oxygen atoms in total. The summed E-state index contributed by atoms with van der Waals surface area (Å²) in [5.41, 5.74) is 5.47. The molecule has 0 radical (unpaired) electrons. The van der Waals surface area contributed by atoms with Crippen molar-refractivity contribution in [3.8, 4) is 0 Å². The van der Waals surface area contributed by atoms with Gasteiger partial charge in [-0.25, -0.2) is 0 Å². The molecule has 0 aromatic carbocycles. The van der Waals surface area contributed by atoms with Crippen LogP contribution in [0.3, 0.4) is 0 Å². The van der Waals surface area contributed by atoms with Gasteiger partial charge in [0.1, 0.15) is 0 Å². The van der Waals surface area contributed by atoms with Gasteiger partial charge in [-0.1, -0.05) is 26.2 Å². The first-order chi connectivity index (χ1) is 9.41. The fraction of sp³-hybridized carbons (Fsp3) is 0.929. The van der Waals surface area contributed by atoms with Gasteiger partial charge in [-0.05, 0) is 19.3 Å². The summed E-state index contributed by atoms with van der Waals surface area (Å²) in [6.45, 7) is 3.14. The Morgan fingerprint density at radius 3 is 2.45 bits per heavy atom. The summed E-state index contributed by atoms with van der Waals surface area (Å²) >= 11 is 0. The lowest BCUT2D eigenvalue weighted by Crippen LogP contribution is -2.46. The van der Waals surface area contributed by atoms with Gasteiger partial charge in [-0.2, -0.15) is 13.2 Å². The highest BCUT2D eigenvalue weighted by Gasteiger charge is 2.48. The zero-order chi connectivity index (χ0) is 15.2. The molecule has 118 valence electrons. The molecule has 0 bridgehead atoms. The third-order valence-electron chi connectivity index (χ3n) is 4.00. The van der Waals surface area contributed by atoms with Crippen molar-refractivity contribution in [2.24, 2.45) is 17.6 Å². The maximum Gasteiger partial charge on any atom is 0.392 e. The van der Waals surface area contributed by atoms with Gasteiger partial charge in [-0.3, -0.25) is 4.79 Å². The second-order valence-electron chi connectivity index (χ2n) is 5.51. The number of alkyl halides is 3. The zero-order valence-corrected chi connectivity index (χ0v) is 12.1. The van der Waals surface area contributed by atoms with Gasteiger partial charge in [-0.15, -0.1) is 0 Å². The number of hydrogen-bond acceptors (Lipinski definition) is 2. The number of carbonyl (C=O) groups is 1. The molecule has 6 heteroatoms. The Morgan fingerprint density at radius 2 is 1.90 bits per heavy atom. The van der Waals surface area contributed by atoms with E-state index in [1.807, 2.05) is 6.92 Å². The van der Waals surface area contributed by atoms with E-state index in [4.69, 9.17) is 5.73 Å². The average molecular weight is 294 g/mol. The Morgan fingerprint density at radius 1 is 1.25 bits per heavy atom. The number of halogens is 3. The molecule has 2 N–H and O–H groups in total. The number of nitrogens with zero attached hydrogens (tertiary/aromatic N) is 1. The summed E-state index contributed by atoms with van der Waals surface area (Å²) in [6.07, 6.45) is -0.899. The van der Waals surface area contributed by atoms with E-state index in [0.717, 1.165) is 12.8 Å². The molecule has 1 amide bonds. The maximum absolute atomic E-state index is 13.1. The Labute approximate surface area is 118 Å². The summed E-state index contributed by atoms with van der Waals surface area (Å²) in [7, 11) is 0. The molecule has 2 atom stereocenters. The molecule has 1 aliphatic carbocycles. The van der Waals surface area contributed by atoms with Crippen molar-refractivity contribution in [2.45, 2.75) is 51.6 Å². The molecule has 0 aromatic heterocycles. The number of amides is 1. The van der Waals surface area contributed by atoms with Gasteiger partial charge in [0.15, 0.2) is 0 Å². The van der Waals surface area contributed by atoms with E-state index in [1.54, 1.807) is 0 Å². The molecular weight excluding hydrogens is 269 g/mol. The number of nitrogens with two attached hydrogens (primary N) is 1. The van der Waals surface area contributed by atoms with Crippen molar-refractivity contribution in [3.05, 3.63) is 0 Å². The molecule has 1 saturated carbocycles. The van der Waals surface area contributed by atoms with Crippen molar-refractivity contribution < 1.29 is 18.0 Å². The van der Waals surface area contributed by atoms with Gasteiger partial charge in [0.25, 0.3) is 0 Å². The van der Waals surface area contributed by atoms with Gasteiger partial charge >= 0.3 is 6.18 Å². The predicted octanol–water partition coefficient (Wildman–Crippen LogP) is 2.94. The molecule has 1 rings (SSSR count). The summed E-state index contributed by atoms with van der Waals surface area (Å²) < 4.78 is 39.2. The normalized spacial score (nSPS) is 23.6. The van der Waals surface area contributed by atoms with E-state index in [-0.39, 0.29) is 12.3 Å². The van der Waals surface area contributed by atoms with Crippen LogP contribution in [-0.2, 0) is 4.79 Å². The molecule has 1 fully saturated rings. The standard InChI is InChI=1S/C14H25F3N2O/c1-2-3-9-19(10-8-18)13(20)11-6-4-5-7-12(11)14(15,16)17/h11-12H,2-10,18H2,1H3. The van der Waals surface area contributed by atoms with Gasteiger partial charge < -0.3 is 10.6 Å². The Bertz CT molecular complexity index is 307. The smallest absolute Gasteiger partial charge is 0.341 e. The number of unbranched alkanes of at least 4 members (excludes halogenated alkanes) is 1. The highest BCUT2D eigenvalue weighted by atomic mass is 19.4. The first kappa shape index (κ1) is 17.3. The van der Waals surface area contributed by atoms with Crippen LogP contribution in [0.1, 0.15) is 45.4 Å². The molecule has 2 unspecified atom stereocenters. The first-order valence-electron chi connectivity index (χ1n) is 7.47. The molecule has 0 aliphatic heterocycles. The Balaban J connectivity index is 2.78. The molecule has 0 aromatic rings. The summed E-state index contributed by atoms with van der Waals surface area (Å²) in [5, 5.41) is 0. The molecule has 0 spiro atoms. The van der Waals surface area contributed by atoms with Crippen molar-refractivity contribution in [1.82, 2.24) is 4.90 Å². The minimum Gasteiger partial charge on any atom is -0.341 e. The number of hydrogen-bond donors (Lipinski definition) is 1. The fourth-order valence-corrected chi connectivity index (χ4v) is 2.89. The predicted molar refractivity (Wildman–Crippen MR) is 72.0 cm³/mol. The van der Waals surface area contributed by atoms with Gasteiger partial charge in [0.2, 0.25) is 5.91 Å². The second-order valence-corrected chi connectivity index (χ2v) is 5.51. The van der Waals surface area contributed by atoms with E-state index in [1.165, 1.54) is 4.90 Å². The van der Waals surface area contributed by atoms with Crippen LogP contribution < -0.4 is 5.73 Å². The van der Waals surface area contributed by atoms with Gasteiger partial charge in [0, 0.05) is 25.6 Å². The fourth-order valence-electron chi connectivity index (χ4n) is 2.89. The second kappa shape index (κ2) is 7.86. The third-order valence-corrected chi connectivity index (χ3v) is 4.00. The third kappa shape index (κ3) is 4.65. The van der Waals surface area contributed by atoms with Crippen LogP contribution in [0.2, 0.25) is 0 Å². The number of rotatable bonds is 6. The van der Waals surface area contributed by atoms with Crippen LogP contribution in [0.25, 0.3) is 0 Å². The Kier molecular flexibility index (Phi) is 6.79. The molecule has 1 aliphatic rings. The lowest BCUT2D eigenvalue weighted by atomic mass is 9.78. The van der Waals surface area contributed by atoms with E-state index in [2.05, 4.69) is 0 Å².